The molecule has 0 spiro atoms. The molecule has 3 heterocycles. The molecule has 9 nitrogen and oxygen atoms in total. The van der Waals surface area contributed by atoms with Crippen LogP contribution in [0.15, 0.2) is 40.6 Å². The van der Waals surface area contributed by atoms with Crippen LogP contribution in [0.1, 0.15) is 58.5 Å². The maximum Gasteiger partial charge on any atom is 0.213 e. The average Bonchev–Trinajstić information content (AvgIpc) is 3.39. The zero-order valence-electron chi connectivity index (χ0n) is 18.5. The molecule has 1 aromatic carbocycles. The van der Waals surface area contributed by atoms with E-state index in [9.17, 15) is 5.26 Å². The van der Waals surface area contributed by atoms with E-state index in [4.69, 9.17) is 0 Å². The molecule has 9 heteroatoms. The van der Waals surface area contributed by atoms with E-state index in [-0.39, 0.29) is 16.6 Å². The molecule has 2 N–H and O–H groups in total. The van der Waals surface area contributed by atoms with Crippen molar-refractivity contribution in [2.45, 2.75) is 52.4 Å². The van der Waals surface area contributed by atoms with Crippen LogP contribution >= 0.6 is 0 Å². The molecule has 0 saturated heterocycles. The summed E-state index contributed by atoms with van der Waals surface area (Å²) < 4.78 is 1.82. The zero-order chi connectivity index (χ0) is 22.4. The lowest BCUT2D eigenvalue weighted by Gasteiger charge is -2.16. The van der Waals surface area contributed by atoms with E-state index < -0.39 is 0 Å². The van der Waals surface area contributed by atoms with Crippen molar-refractivity contribution in [1.29, 1.82) is 5.26 Å². The molecule has 4 aromatic rings. The van der Waals surface area contributed by atoms with E-state index in [1.54, 1.807) is 0 Å². The summed E-state index contributed by atoms with van der Waals surface area (Å²) in [6.07, 6.45) is 0. The van der Waals surface area contributed by atoms with Gasteiger partial charge in [-0.1, -0.05) is 71.9 Å². The van der Waals surface area contributed by atoms with Gasteiger partial charge in [0.2, 0.25) is 11.5 Å². The van der Waals surface area contributed by atoms with Gasteiger partial charge >= 0.3 is 0 Å². The van der Waals surface area contributed by atoms with Crippen molar-refractivity contribution in [2.24, 2.45) is 10.2 Å². The van der Waals surface area contributed by atoms with Crippen LogP contribution in [0.25, 0.3) is 17.0 Å². The molecule has 0 bridgehead atoms. The first kappa shape index (κ1) is 20.5. The van der Waals surface area contributed by atoms with Gasteiger partial charge in [-0.2, -0.15) is 10.4 Å². The predicted octanol–water partition coefficient (Wildman–Crippen LogP) is 5.33. The van der Waals surface area contributed by atoms with E-state index in [0.717, 1.165) is 17.0 Å². The molecule has 0 fully saturated rings. The highest BCUT2D eigenvalue weighted by atomic mass is 15.4. The number of nitrogens with one attached hydrogen (secondary N) is 2. The summed E-state index contributed by atoms with van der Waals surface area (Å²) in [6, 6.07) is 12.0. The fourth-order valence-electron chi connectivity index (χ4n) is 3.36. The second kappa shape index (κ2) is 7.16. The summed E-state index contributed by atoms with van der Waals surface area (Å²) in [5, 5.41) is 37.7. The number of hydrogen-bond donors (Lipinski definition) is 2. The zero-order valence-corrected chi connectivity index (χ0v) is 18.5. The monoisotopic (exact) mass is 415 g/mol. The third-order valence-electron chi connectivity index (χ3n) is 4.97. The molecule has 3 aromatic heterocycles. The maximum absolute atomic E-state index is 9.65. The summed E-state index contributed by atoms with van der Waals surface area (Å²) in [5.41, 5.74) is 3.56. The van der Waals surface area contributed by atoms with Crippen LogP contribution in [0.2, 0.25) is 0 Å². The first-order valence-electron chi connectivity index (χ1n) is 10.0. The number of nitrogens with zero attached hydrogens (tertiary/aromatic N) is 7. The Morgan fingerprint density at radius 1 is 0.935 bits per heavy atom. The molecule has 0 aliphatic heterocycles. The molecule has 0 atom stereocenters. The number of fused-ring (bicyclic) bond motifs is 1. The van der Waals surface area contributed by atoms with E-state index in [1.807, 2.05) is 55.6 Å². The lowest BCUT2D eigenvalue weighted by Crippen LogP contribution is -2.13. The molecule has 31 heavy (non-hydrogen) atoms. The van der Waals surface area contributed by atoms with Gasteiger partial charge in [-0.3, -0.25) is 10.2 Å². The molecule has 0 saturated carbocycles. The van der Waals surface area contributed by atoms with E-state index in [1.165, 1.54) is 0 Å². The highest BCUT2D eigenvalue weighted by molar-refractivity contribution is 5.72. The Hall–Kier alpha value is -3.80. The molecule has 0 aliphatic carbocycles. The summed E-state index contributed by atoms with van der Waals surface area (Å²) in [7, 11) is 0. The fraction of sp³-hybridized carbons (Fsp3) is 0.364. The number of aromatic nitrogens is 6. The minimum Gasteiger partial charge on any atom is -0.292 e. The minimum atomic E-state index is -0.263. The van der Waals surface area contributed by atoms with Gasteiger partial charge in [-0.05, 0) is 0 Å². The van der Waals surface area contributed by atoms with Crippen LogP contribution < -0.4 is 0 Å². The topological polar surface area (TPSA) is 123 Å². The highest BCUT2D eigenvalue weighted by Crippen LogP contribution is 2.37. The molecular formula is C22H25N9. The standard InChI is InChI=1S/C22H25N9/c1-21(2,3)16-14(12-23)18(27-25-16)26-24-15-17(22(4,5)6)30-31-19(28-29-20(15)31)13-10-8-7-9-11-13/h7-11,30H,1-6H3,(H,25,27). The molecule has 4 rings (SSSR count). The molecule has 0 radical (unpaired) electrons. The van der Waals surface area contributed by atoms with Crippen LogP contribution in [0.3, 0.4) is 0 Å². The number of azo groups is 1. The number of aromatic amines is 2. The highest BCUT2D eigenvalue weighted by Gasteiger charge is 2.27. The number of nitriles is 1. The maximum atomic E-state index is 9.65. The van der Waals surface area contributed by atoms with Crippen molar-refractivity contribution in [3.63, 3.8) is 0 Å². The van der Waals surface area contributed by atoms with Crippen LogP contribution in [0, 0.1) is 11.3 Å². The first-order chi connectivity index (χ1) is 14.6. The minimum absolute atomic E-state index is 0.247. The van der Waals surface area contributed by atoms with Gasteiger partial charge in [-0.25, -0.2) is 4.52 Å². The number of hydrogen-bond acceptors (Lipinski definition) is 6. The Bertz CT molecular complexity index is 1300. The Labute approximate surface area is 180 Å². The van der Waals surface area contributed by atoms with E-state index >= 15 is 0 Å². The van der Waals surface area contributed by atoms with Crippen LogP contribution in [0.5, 0.6) is 0 Å². The second-order valence-corrected chi connectivity index (χ2v) is 9.49. The Morgan fingerprint density at radius 2 is 1.61 bits per heavy atom. The lowest BCUT2D eigenvalue weighted by molar-refractivity contribution is 0.563. The Balaban J connectivity index is 1.86. The van der Waals surface area contributed by atoms with Crippen molar-refractivity contribution in [1.82, 2.24) is 30.0 Å². The summed E-state index contributed by atoms with van der Waals surface area (Å²) in [4.78, 5) is 0. The average molecular weight is 416 g/mol. The largest absolute Gasteiger partial charge is 0.292 e. The van der Waals surface area contributed by atoms with Gasteiger partial charge in [0.25, 0.3) is 0 Å². The van der Waals surface area contributed by atoms with Crippen LogP contribution in [-0.4, -0.2) is 30.0 Å². The van der Waals surface area contributed by atoms with Crippen LogP contribution in [0.4, 0.5) is 11.5 Å². The van der Waals surface area contributed by atoms with E-state index in [0.29, 0.717) is 22.7 Å². The summed E-state index contributed by atoms with van der Waals surface area (Å²) in [5.74, 6) is 0.949. The lowest BCUT2D eigenvalue weighted by atomic mass is 9.90. The number of H-pyrrole nitrogens is 2. The van der Waals surface area contributed by atoms with Gasteiger partial charge in [-0.15, -0.1) is 20.4 Å². The van der Waals surface area contributed by atoms with Gasteiger partial charge in [0.15, 0.2) is 11.5 Å². The Kier molecular flexibility index (Phi) is 4.73. The summed E-state index contributed by atoms with van der Waals surface area (Å²) >= 11 is 0. The Morgan fingerprint density at radius 3 is 2.23 bits per heavy atom. The van der Waals surface area contributed by atoms with Crippen molar-refractivity contribution < 1.29 is 0 Å². The summed E-state index contributed by atoms with van der Waals surface area (Å²) in [6.45, 7) is 12.3. The van der Waals surface area contributed by atoms with Crippen molar-refractivity contribution in [3.05, 3.63) is 47.3 Å². The molecular weight excluding hydrogens is 390 g/mol. The van der Waals surface area contributed by atoms with Crippen molar-refractivity contribution >= 4 is 17.2 Å². The van der Waals surface area contributed by atoms with Crippen molar-refractivity contribution in [3.8, 4) is 17.5 Å². The fourth-order valence-corrected chi connectivity index (χ4v) is 3.36. The second-order valence-electron chi connectivity index (χ2n) is 9.49. The molecule has 0 amide bonds. The van der Waals surface area contributed by atoms with Gasteiger partial charge in [0, 0.05) is 16.4 Å². The third-order valence-corrected chi connectivity index (χ3v) is 4.97. The van der Waals surface area contributed by atoms with E-state index in [2.05, 4.69) is 62.6 Å². The van der Waals surface area contributed by atoms with Gasteiger partial charge in [0.05, 0.1) is 11.4 Å². The smallest absolute Gasteiger partial charge is 0.213 e. The van der Waals surface area contributed by atoms with Crippen molar-refractivity contribution in [2.75, 3.05) is 0 Å². The SMILES string of the molecule is CC(C)(C)c1[nH]nc(N=Nc2c(C(C)(C)C)[nH]n3c(-c4ccccc4)nnc23)c1C#N. The quantitative estimate of drug-likeness (QED) is 0.439. The molecule has 158 valence electrons. The first-order valence-corrected chi connectivity index (χ1v) is 10.0. The van der Waals surface area contributed by atoms with Gasteiger partial charge in [0.1, 0.15) is 11.6 Å². The van der Waals surface area contributed by atoms with Crippen LogP contribution in [-0.2, 0) is 10.8 Å². The molecule has 0 unspecified atom stereocenters. The molecule has 0 aliphatic rings. The number of rotatable bonds is 3. The third kappa shape index (κ3) is 3.61. The van der Waals surface area contributed by atoms with Gasteiger partial charge < -0.3 is 0 Å². The predicted molar refractivity (Wildman–Crippen MR) is 118 cm³/mol. The normalized spacial score (nSPS) is 12.7. The number of benzene rings is 1.